The fraction of sp³-hybridized carbons (Fsp3) is 0. The monoisotopic (exact) mass is 311 g/mol. The summed E-state index contributed by atoms with van der Waals surface area (Å²) in [5.74, 6) is -0.312. The van der Waals surface area contributed by atoms with Crippen LogP contribution in [0.3, 0.4) is 0 Å². The van der Waals surface area contributed by atoms with Crippen molar-refractivity contribution >= 4 is 17.9 Å². The number of carbonyl (C=O) groups excluding carboxylic acids is 1. The lowest BCUT2D eigenvalue weighted by molar-refractivity contribution is 0.112. The molecular weight excluding hydrogens is 301 g/mol. The van der Waals surface area contributed by atoms with Crippen molar-refractivity contribution in [3.8, 4) is 22.5 Å². The molecule has 0 aliphatic carbocycles. The summed E-state index contributed by atoms with van der Waals surface area (Å²) in [6.07, 6.45) is 0.772. The molecule has 0 aliphatic rings. The highest BCUT2D eigenvalue weighted by Crippen LogP contribution is 2.25. The van der Waals surface area contributed by atoms with Gasteiger partial charge in [0.15, 0.2) is 0 Å². The first kappa shape index (κ1) is 14.4. The highest BCUT2D eigenvalue weighted by Gasteiger charge is 2.07. The summed E-state index contributed by atoms with van der Waals surface area (Å²) in [7, 11) is 0. The van der Waals surface area contributed by atoms with Crippen LogP contribution in [0.2, 0.25) is 5.02 Å². The molecule has 0 unspecified atom stereocenters. The standard InChI is InChI=1S/C18H11ClFNO/c19-15-5-1-13(2-6-15)17-9-12(11-22)10-18(21-17)14-3-7-16(20)8-4-14/h1-11H. The van der Waals surface area contributed by atoms with Gasteiger partial charge in [-0.15, -0.1) is 0 Å². The molecule has 3 aromatic rings. The molecule has 22 heavy (non-hydrogen) atoms. The minimum absolute atomic E-state index is 0.312. The molecule has 1 heterocycles. The molecule has 0 N–H and O–H groups in total. The Kier molecular flexibility index (Phi) is 3.98. The minimum Gasteiger partial charge on any atom is -0.298 e. The summed E-state index contributed by atoms with van der Waals surface area (Å²) in [4.78, 5) is 15.7. The van der Waals surface area contributed by atoms with Crippen molar-refractivity contribution in [3.63, 3.8) is 0 Å². The largest absolute Gasteiger partial charge is 0.298 e. The van der Waals surface area contributed by atoms with E-state index in [1.807, 2.05) is 12.1 Å². The highest BCUT2D eigenvalue weighted by molar-refractivity contribution is 6.30. The van der Waals surface area contributed by atoms with Crippen LogP contribution in [0.25, 0.3) is 22.5 Å². The van der Waals surface area contributed by atoms with Crippen LogP contribution >= 0.6 is 11.6 Å². The summed E-state index contributed by atoms with van der Waals surface area (Å²) in [5.41, 5.74) is 3.41. The molecule has 0 spiro atoms. The molecule has 2 aromatic carbocycles. The fourth-order valence-electron chi connectivity index (χ4n) is 2.16. The van der Waals surface area contributed by atoms with E-state index >= 15 is 0 Å². The Labute approximate surface area is 132 Å². The van der Waals surface area contributed by atoms with Crippen molar-refractivity contribution in [3.05, 3.63) is 77.1 Å². The Morgan fingerprint density at radius 3 is 1.86 bits per heavy atom. The molecule has 0 saturated heterocycles. The van der Waals surface area contributed by atoms with Crippen molar-refractivity contribution in [2.24, 2.45) is 0 Å². The van der Waals surface area contributed by atoms with E-state index in [1.54, 1.807) is 36.4 Å². The number of aldehydes is 1. The van der Waals surface area contributed by atoms with E-state index in [9.17, 15) is 9.18 Å². The van der Waals surface area contributed by atoms with Gasteiger partial charge in [-0.05, 0) is 48.5 Å². The zero-order valence-corrected chi connectivity index (χ0v) is 12.2. The van der Waals surface area contributed by atoms with E-state index in [4.69, 9.17) is 11.6 Å². The first-order valence-electron chi connectivity index (χ1n) is 6.65. The maximum absolute atomic E-state index is 13.0. The van der Waals surface area contributed by atoms with Crippen LogP contribution in [-0.4, -0.2) is 11.3 Å². The average molecular weight is 312 g/mol. The number of benzene rings is 2. The summed E-state index contributed by atoms with van der Waals surface area (Å²) in [6, 6.07) is 16.6. The number of nitrogens with zero attached hydrogens (tertiary/aromatic N) is 1. The van der Waals surface area contributed by atoms with Crippen LogP contribution in [0.4, 0.5) is 4.39 Å². The van der Waals surface area contributed by atoms with Crippen LogP contribution in [0.5, 0.6) is 0 Å². The van der Waals surface area contributed by atoms with Crippen LogP contribution in [-0.2, 0) is 0 Å². The molecule has 0 amide bonds. The Morgan fingerprint density at radius 1 is 0.864 bits per heavy atom. The molecule has 0 radical (unpaired) electrons. The zero-order chi connectivity index (χ0) is 15.5. The minimum atomic E-state index is -0.312. The first-order valence-corrected chi connectivity index (χ1v) is 7.02. The van der Waals surface area contributed by atoms with Crippen LogP contribution in [0.1, 0.15) is 10.4 Å². The molecule has 0 bridgehead atoms. The second-order valence-corrected chi connectivity index (χ2v) is 5.24. The van der Waals surface area contributed by atoms with Crippen molar-refractivity contribution in [2.75, 3.05) is 0 Å². The van der Waals surface area contributed by atoms with E-state index < -0.39 is 0 Å². The Morgan fingerprint density at radius 2 is 1.36 bits per heavy atom. The van der Waals surface area contributed by atoms with E-state index in [-0.39, 0.29) is 5.82 Å². The van der Waals surface area contributed by atoms with E-state index in [1.165, 1.54) is 12.1 Å². The third-order valence-corrected chi connectivity index (χ3v) is 3.52. The van der Waals surface area contributed by atoms with Crippen LogP contribution in [0.15, 0.2) is 60.7 Å². The molecule has 4 heteroatoms. The van der Waals surface area contributed by atoms with Crippen LogP contribution < -0.4 is 0 Å². The molecule has 3 rings (SSSR count). The van der Waals surface area contributed by atoms with Gasteiger partial charge in [0.2, 0.25) is 0 Å². The highest BCUT2D eigenvalue weighted by atomic mass is 35.5. The lowest BCUT2D eigenvalue weighted by Gasteiger charge is -2.07. The number of hydrogen-bond acceptors (Lipinski definition) is 2. The van der Waals surface area contributed by atoms with Gasteiger partial charge in [-0.1, -0.05) is 23.7 Å². The quantitative estimate of drug-likeness (QED) is 0.636. The van der Waals surface area contributed by atoms with Gasteiger partial charge in [-0.25, -0.2) is 9.37 Å². The Hall–Kier alpha value is -2.52. The zero-order valence-electron chi connectivity index (χ0n) is 11.5. The second-order valence-electron chi connectivity index (χ2n) is 4.80. The third kappa shape index (κ3) is 3.05. The van der Waals surface area contributed by atoms with Gasteiger partial charge < -0.3 is 0 Å². The van der Waals surface area contributed by atoms with E-state index in [0.717, 1.165) is 17.4 Å². The number of halogens is 2. The van der Waals surface area contributed by atoms with Gasteiger partial charge in [0.25, 0.3) is 0 Å². The van der Waals surface area contributed by atoms with Crippen molar-refractivity contribution < 1.29 is 9.18 Å². The fourth-order valence-corrected chi connectivity index (χ4v) is 2.28. The maximum Gasteiger partial charge on any atom is 0.150 e. The van der Waals surface area contributed by atoms with Gasteiger partial charge >= 0.3 is 0 Å². The Balaban J connectivity index is 2.12. The lowest BCUT2D eigenvalue weighted by Crippen LogP contribution is -1.92. The van der Waals surface area contributed by atoms with Gasteiger partial charge in [-0.2, -0.15) is 0 Å². The van der Waals surface area contributed by atoms with Gasteiger partial charge in [0.05, 0.1) is 11.4 Å². The lowest BCUT2D eigenvalue weighted by atomic mass is 10.1. The molecule has 2 nitrogen and oxygen atoms in total. The topological polar surface area (TPSA) is 30.0 Å². The maximum atomic E-state index is 13.0. The van der Waals surface area contributed by atoms with Gasteiger partial charge in [0, 0.05) is 21.7 Å². The van der Waals surface area contributed by atoms with Crippen molar-refractivity contribution in [1.29, 1.82) is 0 Å². The number of rotatable bonds is 3. The normalized spacial score (nSPS) is 10.5. The summed E-state index contributed by atoms with van der Waals surface area (Å²) >= 11 is 5.89. The molecule has 0 atom stereocenters. The molecule has 0 fully saturated rings. The molecule has 1 aromatic heterocycles. The number of carbonyl (C=O) groups is 1. The summed E-state index contributed by atoms with van der Waals surface area (Å²) in [6.45, 7) is 0. The molecule has 108 valence electrons. The number of pyridine rings is 1. The second kappa shape index (κ2) is 6.08. The van der Waals surface area contributed by atoms with Crippen LogP contribution in [0, 0.1) is 5.82 Å². The Bertz CT molecular complexity index is 750. The predicted molar refractivity (Wildman–Crippen MR) is 85.5 cm³/mol. The first-order chi connectivity index (χ1) is 10.7. The predicted octanol–water partition coefficient (Wildman–Crippen LogP) is 5.02. The number of hydrogen-bond donors (Lipinski definition) is 0. The van der Waals surface area contributed by atoms with Gasteiger partial charge in [0.1, 0.15) is 12.1 Å². The number of aromatic nitrogens is 1. The van der Waals surface area contributed by atoms with Crippen molar-refractivity contribution in [2.45, 2.75) is 0 Å². The van der Waals surface area contributed by atoms with E-state index in [0.29, 0.717) is 22.0 Å². The summed E-state index contributed by atoms with van der Waals surface area (Å²) in [5, 5.41) is 0.633. The molecule has 0 saturated carbocycles. The average Bonchev–Trinajstić information content (AvgIpc) is 2.55. The van der Waals surface area contributed by atoms with E-state index in [2.05, 4.69) is 4.98 Å². The van der Waals surface area contributed by atoms with Gasteiger partial charge in [-0.3, -0.25) is 4.79 Å². The summed E-state index contributed by atoms with van der Waals surface area (Å²) < 4.78 is 13.0. The molecule has 0 aliphatic heterocycles. The third-order valence-electron chi connectivity index (χ3n) is 3.26. The van der Waals surface area contributed by atoms with Crippen molar-refractivity contribution in [1.82, 2.24) is 4.98 Å². The molecular formula is C18H11ClFNO. The SMILES string of the molecule is O=Cc1cc(-c2ccc(F)cc2)nc(-c2ccc(Cl)cc2)c1. The smallest absolute Gasteiger partial charge is 0.150 e.